The van der Waals surface area contributed by atoms with Crippen LogP contribution in [-0.4, -0.2) is 33.9 Å². The highest BCUT2D eigenvalue weighted by molar-refractivity contribution is 5.79. The lowest BCUT2D eigenvalue weighted by Gasteiger charge is -2.13. The van der Waals surface area contributed by atoms with Crippen LogP contribution in [0.3, 0.4) is 0 Å². The Labute approximate surface area is 163 Å². The van der Waals surface area contributed by atoms with Crippen molar-refractivity contribution in [2.24, 2.45) is 4.99 Å². The van der Waals surface area contributed by atoms with Crippen molar-refractivity contribution in [3.63, 3.8) is 0 Å². The number of hydrogen-bond acceptors (Lipinski definition) is 4. The molecule has 1 aromatic heterocycles. The van der Waals surface area contributed by atoms with Gasteiger partial charge >= 0.3 is 6.61 Å². The van der Waals surface area contributed by atoms with Gasteiger partial charge in [-0.25, -0.2) is 4.99 Å². The number of nitrogens with one attached hydrogen (secondary N) is 2. The molecule has 0 aliphatic carbocycles. The van der Waals surface area contributed by atoms with Gasteiger partial charge in [0, 0.05) is 25.1 Å². The Morgan fingerprint density at radius 2 is 2.07 bits per heavy atom. The fourth-order valence-electron chi connectivity index (χ4n) is 3.19. The van der Waals surface area contributed by atoms with Crippen molar-refractivity contribution < 1.29 is 13.5 Å². The normalized spacial score (nSPS) is 14.5. The van der Waals surface area contributed by atoms with E-state index in [4.69, 9.17) is 0 Å². The summed E-state index contributed by atoms with van der Waals surface area (Å²) in [6, 6.07) is 6.67. The Morgan fingerprint density at radius 3 is 2.89 bits per heavy atom. The number of nitrogens with zero attached hydrogens (tertiary/aromatic N) is 4. The maximum Gasteiger partial charge on any atom is 0.387 e. The van der Waals surface area contributed by atoms with E-state index in [1.54, 1.807) is 18.2 Å². The molecule has 28 heavy (non-hydrogen) atoms. The molecule has 0 radical (unpaired) electrons. The molecule has 1 aliphatic rings. The van der Waals surface area contributed by atoms with Gasteiger partial charge in [0.25, 0.3) is 0 Å². The lowest BCUT2D eigenvalue weighted by molar-refractivity contribution is -0.0504. The van der Waals surface area contributed by atoms with Crippen molar-refractivity contribution in [2.75, 3.05) is 6.54 Å². The number of fused-ring (bicyclic) bond motifs is 1. The monoisotopic (exact) mass is 392 g/mol. The van der Waals surface area contributed by atoms with Crippen molar-refractivity contribution in [3.8, 4) is 5.75 Å². The van der Waals surface area contributed by atoms with Crippen LogP contribution in [0.2, 0.25) is 0 Å². The third-order valence-electron chi connectivity index (χ3n) is 4.54. The molecule has 0 bridgehead atoms. The van der Waals surface area contributed by atoms with E-state index in [-0.39, 0.29) is 12.3 Å². The number of aliphatic imine (C=N–C) groups is 1. The fourth-order valence-corrected chi connectivity index (χ4v) is 3.19. The summed E-state index contributed by atoms with van der Waals surface area (Å²) in [6.45, 7) is 1.43. The summed E-state index contributed by atoms with van der Waals surface area (Å²) in [5, 5.41) is 15.0. The molecule has 7 nitrogen and oxygen atoms in total. The molecular weight excluding hydrogens is 366 g/mol. The zero-order valence-corrected chi connectivity index (χ0v) is 16.0. The molecular formula is C19H26F2N6O. The molecule has 1 aromatic carbocycles. The van der Waals surface area contributed by atoms with Crippen molar-refractivity contribution in [1.82, 2.24) is 25.4 Å². The van der Waals surface area contributed by atoms with E-state index in [1.807, 2.05) is 6.92 Å². The van der Waals surface area contributed by atoms with Gasteiger partial charge in [0.05, 0.1) is 13.1 Å². The van der Waals surface area contributed by atoms with Crippen LogP contribution in [0.4, 0.5) is 8.78 Å². The highest BCUT2D eigenvalue weighted by Crippen LogP contribution is 2.21. The zero-order valence-electron chi connectivity index (χ0n) is 16.0. The van der Waals surface area contributed by atoms with Crippen LogP contribution >= 0.6 is 0 Å². The molecule has 0 amide bonds. The number of aromatic nitrogens is 3. The van der Waals surface area contributed by atoms with Gasteiger partial charge in [-0.2, -0.15) is 8.78 Å². The average molecular weight is 392 g/mol. The van der Waals surface area contributed by atoms with Crippen LogP contribution in [0.15, 0.2) is 29.3 Å². The van der Waals surface area contributed by atoms with E-state index < -0.39 is 6.61 Å². The summed E-state index contributed by atoms with van der Waals surface area (Å²) in [5.41, 5.74) is 0.594. The lowest BCUT2D eigenvalue weighted by atomic mass is 10.2. The Bertz CT molecular complexity index is 792. The first-order valence-electron chi connectivity index (χ1n) is 9.63. The van der Waals surface area contributed by atoms with Gasteiger partial charge in [0.2, 0.25) is 0 Å². The molecule has 0 saturated carbocycles. The number of alkyl halides is 2. The van der Waals surface area contributed by atoms with E-state index in [0.29, 0.717) is 24.6 Å². The number of guanidine groups is 1. The SMILES string of the molecule is CCNC(=NCc1ccccc1OC(F)F)NCc1nnc2n1CCCCC2. The van der Waals surface area contributed by atoms with Crippen molar-refractivity contribution in [1.29, 1.82) is 0 Å². The van der Waals surface area contributed by atoms with Gasteiger partial charge in [-0.15, -0.1) is 10.2 Å². The number of aryl methyl sites for hydroxylation is 1. The van der Waals surface area contributed by atoms with Crippen LogP contribution in [0, 0.1) is 0 Å². The largest absolute Gasteiger partial charge is 0.434 e. The van der Waals surface area contributed by atoms with E-state index >= 15 is 0 Å². The standard InChI is InChI=1S/C19H26F2N6O/c1-2-22-19(23-12-14-8-5-6-9-15(14)28-18(20)21)24-13-17-26-25-16-10-4-3-7-11-27(16)17/h5-6,8-9,18H,2-4,7,10-13H2,1H3,(H2,22,23,24). The Hall–Kier alpha value is -2.71. The smallest absolute Gasteiger partial charge is 0.387 e. The summed E-state index contributed by atoms with van der Waals surface area (Å²) in [7, 11) is 0. The fraction of sp³-hybridized carbons (Fsp3) is 0.526. The third-order valence-corrected chi connectivity index (χ3v) is 4.54. The summed E-state index contributed by atoms with van der Waals surface area (Å²) in [4.78, 5) is 4.49. The van der Waals surface area contributed by atoms with E-state index in [2.05, 4.69) is 35.1 Å². The Morgan fingerprint density at radius 1 is 1.21 bits per heavy atom. The predicted molar refractivity (Wildman–Crippen MR) is 102 cm³/mol. The second-order valence-electron chi connectivity index (χ2n) is 6.53. The third kappa shape index (κ3) is 5.40. The molecule has 0 fully saturated rings. The lowest BCUT2D eigenvalue weighted by Crippen LogP contribution is -2.37. The first-order valence-corrected chi connectivity index (χ1v) is 9.63. The number of para-hydroxylation sites is 1. The molecule has 9 heteroatoms. The highest BCUT2D eigenvalue weighted by Gasteiger charge is 2.15. The van der Waals surface area contributed by atoms with Crippen LogP contribution in [0.1, 0.15) is 43.4 Å². The maximum atomic E-state index is 12.6. The molecule has 2 N–H and O–H groups in total. The molecule has 1 aliphatic heterocycles. The first-order chi connectivity index (χ1) is 13.7. The highest BCUT2D eigenvalue weighted by atomic mass is 19.3. The Kier molecular flexibility index (Phi) is 7.16. The van der Waals surface area contributed by atoms with Crippen LogP contribution in [-0.2, 0) is 26.1 Å². The number of ether oxygens (including phenoxy) is 1. The quantitative estimate of drug-likeness (QED) is 0.560. The summed E-state index contributed by atoms with van der Waals surface area (Å²) < 4.78 is 31.9. The molecule has 152 valence electrons. The molecule has 0 saturated heterocycles. The number of halogens is 2. The molecule has 0 spiro atoms. The van der Waals surface area contributed by atoms with Gasteiger partial charge < -0.3 is 19.9 Å². The van der Waals surface area contributed by atoms with Gasteiger partial charge in [0.1, 0.15) is 11.6 Å². The molecule has 0 atom stereocenters. The van der Waals surface area contributed by atoms with Crippen molar-refractivity contribution in [2.45, 2.75) is 58.9 Å². The number of benzene rings is 1. The van der Waals surface area contributed by atoms with Crippen LogP contribution in [0.25, 0.3) is 0 Å². The predicted octanol–water partition coefficient (Wildman–Crippen LogP) is 2.86. The average Bonchev–Trinajstić information content (AvgIpc) is 2.91. The second kappa shape index (κ2) is 10.0. The minimum Gasteiger partial charge on any atom is -0.434 e. The van der Waals surface area contributed by atoms with Gasteiger partial charge in [-0.3, -0.25) is 0 Å². The molecule has 2 heterocycles. The maximum absolute atomic E-state index is 12.6. The minimum atomic E-state index is -2.86. The summed E-state index contributed by atoms with van der Waals surface area (Å²) in [5.74, 6) is 2.64. The van der Waals surface area contributed by atoms with E-state index in [1.165, 1.54) is 12.5 Å². The molecule has 2 aromatic rings. The summed E-state index contributed by atoms with van der Waals surface area (Å²) in [6.07, 6.45) is 4.45. The van der Waals surface area contributed by atoms with Crippen molar-refractivity contribution in [3.05, 3.63) is 41.5 Å². The number of rotatable bonds is 7. The Balaban J connectivity index is 1.66. The van der Waals surface area contributed by atoms with Gasteiger partial charge in [-0.05, 0) is 25.8 Å². The van der Waals surface area contributed by atoms with Gasteiger partial charge in [-0.1, -0.05) is 24.6 Å². The second-order valence-corrected chi connectivity index (χ2v) is 6.53. The van der Waals surface area contributed by atoms with E-state index in [0.717, 1.165) is 37.5 Å². The van der Waals surface area contributed by atoms with Crippen LogP contribution in [0.5, 0.6) is 5.75 Å². The van der Waals surface area contributed by atoms with Crippen molar-refractivity contribution >= 4 is 5.96 Å². The van der Waals surface area contributed by atoms with Gasteiger partial charge in [0.15, 0.2) is 11.8 Å². The molecule has 3 rings (SSSR count). The summed E-state index contributed by atoms with van der Waals surface area (Å²) >= 11 is 0. The first kappa shape index (κ1) is 20.0. The van der Waals surface area contributed by atoms with Crippen LogP contribution < -0.4 is 15.4 Å². The zero-order chi connectivity index (χ0) is 19.8. The number of hydrogen-bond donors (Lipinski definition) is 2. The minimum absolute atomic E-state index is 0.139. The van der Waals surface area contributed by atoms with E-state index in [9.17, 15) is 8.78 Å². The molecule has 0 unspecified atom stereocenters. The topological polar surface area (TPSA) is 76.4 Å².